The normalized spacial score (nSPS) is 15.7. The average molecular weight is 390 g/mol. The van der Waals surface area contributed by atoms with Gasteiger partial charge in [-0.1, -0.05) is 12.1 Å². The van der Waals surface area contributed by atoms with E-state index < -0.39 is 12.2 Å². The van der Waals surface area contributed by atoms with E-state index >= 15 is 0 Å². The lowest BCUT2D eigenvalue weighted by atomic mass is 9.77. The van der Waals surface area contributed by atoms with Crippen molar-refractivity contribution in [3.05, 3.63) is 47.5 Å². The third-order valence-electron chi connectivity index (χ3n) is 5.23. The smallest absolute Gasteiger partial charge is 0.157 e. The summed E-state index contributed by atoms with van der Waals surface area (Å²) >= 11 is 0. The molecular formula is C22H30O6. The number of aliphatic hydroxyl groups excluding tert-OH is 2. The van der Waals surface area contributed by atoms with E-state index in [0.717, 1.165) is 11.1 Å². The van der Waals surface area contributed by atoms with Crippen molar-refractivity contribution in [1.82, 2.24) is 0 Å². The van der Waals surface area contributed by atoms with Gasteiger partial charge < -0.3 is 30.6 Å². The van der Waals surface area contributed by atoms with Crippen LogP contribution in [0.25, 0.3) is 0 Å². The van der Waals surface area contributed by atoms with Gasteiger partial charge in [-0.3, -0.25) is 0 Å². The Morgan fingerprint density at radius 2 is 1.18 bits per heavy atom. The van der Waals surface area contributed by atoms with Crippen molar-refractivity contribution in [1.29, 1.82) is 0 Å². The third-order valence-corrected chi connectivity index (χ3v) is 5.23. The van der Waals surface area contributed by atoms with Crippen LogP contribution < -0.4 is 0 Å². The molecule has 28 heavy (non-hydrogen) atoms. The van der Waals surface area contributed by atoms with Gasteiger partial charge in [-0.25, -0.2) is 0 Å². The summed E-state index contributed by atoms with van der Waals surface area (Å²) in [6.45, 7) is 3.44. The van der Waals surface area contributed by atoms with Crippen molar-refractivity contribution in [2.75, 3.05) is 0 Å². The van der Waals surface area contributed by atoms with Gasteiger partial charge in [0.05, 0.1) is 12.2 Å². The first-order valence-corrected chi connectivity index (χ1v) is 9.55. The second-order valence-corrected chi connectivity index (χ2v) is 7.65. The molecule has 0 amide bonds. The lowest BCUT2D eigenvalue weighted by molar-refractivity contribution is 0.0751. The Morgan fingerprint density at radius 1 is 0.679 bits per heavy atom. The second-order valence-electron chi connectivity index (χ2n) is 7.65. The van der Waals surface area contributed by atoms with Crippen LogP contribution in [0.5, 0.6) is 23.0 Å². The Balaban J connectivity index is 2.27. The minimum atomic E-state index is -0.638. The lowest BCUT2D eigenvalue weighted by Crippen LogP contribution is -2.30. The number of aromatic hydroxyl groups is 4. The highest BCUT2D eigenvalue weighted by Gasteiger charge is 2.27. The fraction of sp³-hybridized carbons (Fsp3) is 0.455. The standard InChI is InChI=1S/C22H30O6/c1-13(23)3-6-17(9-15-4-7-19(25)21(27)11-15)18(14(2)24)10-16-5-8-20(26)22(28)12-16/h4-5,7-8,11-14,17-18,23-28H,3,6,9-10H2,1-2H3/t13-,14-,17-,18+/m1/s1. The largest absolute Gasteiger partial charge is 0.504 e. The molecular weight excluding hydrogens is 360 g/mol. The van der Waals surface area contributed by atoms with E-state index in [4.69, 9.17) is 0 Å². The molecule has 2 aromatic rings. The summed E-state index contributed by atoms with van der Waals surface area (Å²) in [6, 6.07) is 9.30. The van der Waals surface area contributed by atoms with E-state index in [1.54, 1.807) is 26.0 Å². The first-order valence-electron chi connectivity index (χ1n) is 9.55. The maximum atomic E-state index is 10.4. The van der Waals surface area contributed by atoms with E-state index in [2.05, 4.69) is 0 Å². The molecule has 0 saturated heterocycles. The molecule has 0 unspecified atom stereocenters. The highest BCUT2D eigenvalue weighted by Crippen LogP contribution is 2.33. The summed E-state index contributed by atoms with van der Waals surface area (Å²) < 4.78 is 0. The molecule has 0 bridgehead atoms. The zero-order valence-corrected chi connectivity index (χ0v) is 16.3. The highest BCUT2D eigenvalue weighted by atomic mass is 16.3. The number of rotatable bonds is 9. The number of hydrogen-bond acceptors (Lipinski definition) is 6. The lowest BCUT2D eigenvalue weighted by Gasteiger charge is -2.30. The first kappa shape index (κ1) is 21.9. The van der Waals surface area contributed by atoms with Crippen molar-refractivity contribution in [2.45, 2.75) is 51.7 Å². The third kappa shape index (κ3) is 6.04. The predicted molar refractivity (Wildman–Crippen MR) is 107 cm³/mol. The van der Waals surface area contributed by atoms with E-state index in [9.17, 15) is 30.6 Å². The molecule has 0 fully saturated rings. The summed E-state index contributed by atoms with van der Waals surface area (Å²) in [6.07, 6.45) is 1.17. The first-order chi connectivity index (χ1) is 13.2. The Morgan fingerprint density at radius 3 is 1.61 bits per heavy atom. The summed E-state index contributed by atoms with van der Waals surface area (Å²) in [5.41, 5.74) is 1.61. The van der Waals surface area contributed by atoms with Crippen LogP contribution in [-0.2, 0) is 12.8 Å². The topological polar surface area (TPSA) is 121 Å². The van der Waals surface area contributed by atoms with Gasteiger partial charge in [-0.2, -0.15) is 0 Å². The Kier molecular flexibility index (Phi) is 7.54. The van der Waals surface area contributed by atoms with Gasteiger partial charge in [-0.05, 0) is 86.8 Å². The molecule has 2 rings (SSSR count). The van der Waals surface area contributed by atoms with Crippen LogP contribution in [0.2, 0.25) is 0 Å². The molecule has 0 aromatic heterocycles. The van der Waals surface area contributed by atoms with Gasteiger partial charge in [0.15, 0.2) is 23.0 Å². The molecule has 6 nitrogen and oxygen atoms in total. The molecule has 6 N–H and O–H groups in total. The van der Waals surface area contributed by atoms with Crippen LogP contribution >= 0.6 is 0 Å². The van der Waals surface area contributed by atoms with Gasteiger partial charge in [-0.15, -0.1) is 0 Å². The number of phenolic OH excluding ortho intramolecular Hbond substituents is 4. The molecule has 2 aromatic carbocycles. The van der Waals surface area contributed by atoms with Gasteiger partial charge in [0.1, 0.15) is 0 Å². The zero-order chi connectivity index (χ0) is 20.8. The van der Waals surface area contributed by atoms with E-state index in [-0.39, 0.29) is 34.8 Å². The number of phenols is 4. The second kappa shape index (κ2) is 9.66. The van der Waals surface area contributed by atoms with Crippen molar-refractivity contribution in [2.24, 2.45) is 11.8 Å². The van der Waals surface area contributed by atoms with Crippen molar-refractivity contribution < 1.29 is 30.6 Å². The maximum Gasteiger partial charge on any atom is 0.157 e. The van der Waals surface area contributed by atoms with Crippen molar-refractivity contribution in [3.63, 3.8) is 0 Å². The van der Waals surface area contributed by atoms with Crippen molar-refractivity contribution >= 4 is 0 Å². The molecule has 0 aliphatic rings. The summed E-state index contributed by atoms with van der Waals surface area (Å²) in [5, 5.41) is 58.8. The van der Waals surface area contributed by atoms with Crippen LogP contribution in [0.4, 0.5) is 0 Å². The zero-order valence-electron chi connectivity index (χ0n) is 16.3. The molecule has 154 valence electrons. The highest BCUT2D eigenvalue weighted by molar-refractivity contribution is 5.41. The van der Waals surface area contributed by atoms with Gasteiger partial charge in [0.25, 0.3) is 0 Å². The van der Waals surface area contributed by atoms with Gasteiger partial charge >= 0.3 is 0 Å². The molecule has 0 radical (unpaired) electrons. The molecule has 4 atom stereocenters. The van der Waals surface area contributed by atoms with E-state index in [1.165, 1.54) is 24.3 Å². The van der Waals surface area contributed by atoms with Crippen LogP contribution in [0, 0.1) is 11.8 Å². The van der Waals surface area contributed by atoms with Crippen LogP contribution in [0.1, 0.15) is 37.8 Å². The molecule has 0 heterocycles. The quantitative estimate of drug-likeness (QED) is 0.366. The molecule has 0 aliphatic carbocycles. The van der Waals surface area contributed by atoms with E-state index in [0.29, 0.717) is 25.7 Å². The fourth-order valence-corrected chi connectivity index (χ4v) is 3.62. The molecule has 0 spiro atoms. The summed E-state index contributed by atoms with van der Waals surface area (Å²) in [7, 11) is 0. The van der Waals surface area contributed by atoms with Gasteiger partial charge in [0, 0.05) is 0 Å². The fourth-order valence-electron chi connectivity index (χ4n) is 3.62. The molecule has 0 aliphatic heterocycles. The summed E-state index contributed by atoms with van der Waals surface area (Å²) in [4.78, 5) is 0. The van der Waals surface area contributed by atoms with Crippen LogP contribution in [0.15, 0.2) is 36.4 Å². The average Bonchev–Trinajstić information content (AvgIpc) is 2.62. The Labute approximate surface area is 165 Å². The maximum absolute atomic E-state index is 10.4. The molecule has 0 saturated carbocycles. The Bertz CT molecular complexity index is 772. The monoisotopic (exact) mass is 390 g/mol. The predicted octanol–water partition coefficient (Wildman–Crippen LogP) is 3.07. The minimum Gasteiger partial charge on any atom is -0.504 e. The SMILES string of the molecule is C[C@@H](O)CC[C@H](Cc1ccc(O)c(O)c1)[C@@H](Cc1ccc(O)c(O)c1)[C@@H](C)O. The summed E-state index contributed by atoms with van der Waals surface area (Å²) in [5.74, 6) is -0.943. The van der Waals surface area contributed by atoms with Crippen LogP contribution in [0.3, 0.4) is 0 Å². The number of aliphatic hydroxyl groups is 2. The molecule has 6 heteroatoms. The Hall–Kier alpha value is -2.44. The van der Waals surface area contributed by atoms with E-state index in [1.807, 2.05) is 0 Å². The van der Waals surface area contributed by atoms with Gasteiger partial charge in [0.2, 0.25) is 0 Å². The van der Waals surface area contributed by atoms with Crippen molar-refractivity contribution in [3.8, 4) is 23.0 Å². The number of benzene rings is 2. The minimum absolute atomic E-state index is 0.00510. The number of hydrogen-bond donors (Lipinski definition) is 6. The van der Waals surface area contributed by atoms with Crippen LogP contribution in [-0.4, -0.2) is 42.8 Å².